The van der Waals surface area contributed by atoms with Crippen LogP contribution in [0.1, 0.15) is 88.6 Å². The largest absolute Gasteiger partial charge is 0.433 e. The van der Waals surface area contributed by atoms with E-state index < -0.39 is 17.9 Å². The molecule has 1 saturated heterocycles. The van der Waals surface area contributed by atoms with Crippen molar-refractivity contribution in [3.8, 4) is 0 Å². The molecule has 2 N–H and O–H groups in total. The number of carbonyl (C=O) groups excluding carboxylic acids is 1. The Morgan fingerprint density at radius 2 is 1.88 bits per heavy atom. The van der Waals surface area contributed by atoms with Gasteiger partial charge in [0.25, 0.3) is 5.91 Å². The minimum Gasteiger partial charge on any atom is -0.351 e. The molecule has 0 aromatic carbocycles. The summed E-state index contributed by atoms with van der Waals surface area (Å²) < 4.78 is 43.7. The van der Waals surface area contributed by atoms with Gasteiger partial charge in [-0.15, -0.1) is 0 Å². The third-order valence-corrected chi connectivity index (χ3v) is 8.01. The number of hydrogen-bond acceptors (Lipinski definition) is 7. The molecule has 12 heteroatoms. The number of nitrogens with one attached hydrogen (secondary N) is 2. The lowest BCUT2D eigenvalue weighted by molar-refractivity contribution is -0.141. The number of halogens is 4. The number of fused-ring (bicyclic) bond motifs is 4. The van der Waals surface area contributed by atoms with Crippen molar-refractivity contribution in [3.63, 3.8) is 0 Å². The van der Waals surface area contributed by atoms with E-state index in [9.17, 15) is 18.0 Å². The normalized spacial score (nSPS) is 22.6. The average Bonchev–Trinajstić information content (AvgIpc) is 3.22. The lowest BCUT2D eigenvalue weighted by Crippen LogP contribution is -2.40. The molecule has 1 fully saturated rings. The molecule has 40 heavy (non-hydrogen) atoms. The lowest BCUT2D eigenvalue weighted by Gasteiger charge is -2.33. The molecular formula is C28H36BrF3N6OS. The van der Waals surface area contributed by atoms with Gasteiger partial charge in [0, 0.05) is 24.0 Å². The van der Waals surface area contributed by atoms with Crippen LogP contribution in [0.2, 0.25) is 0 Å². The highest BCUT2D eigenvalue weighted by atomic mass is 79.9. The molecule has 2 aromatic heterocycles. The van der Waals surface area contributed by atoms with E-state index in [0.717, 1.165) is 30.9 Å². The minimum absolute atomic E-state index is 0.226. The Kier molecular flexibility index (Phi) is 10.7. The van der Waals surface area contributed by atoms with Crippen LogP contribution in [0.15, 0.2) is 51.0 Å². The summed E-state index contributed by atoms with van der Waals surface area (Å²) in [5.41, 5.74) is -0.466. The topological polar surface area (TPSA) is 82.5 Å². The Morgan fingerprint density at radius 1 is 1.15 bits per heavy atom. The highest BCUT2D eigenvalue weighted by molar-refractivity contribution is 9.10. The van der Waals surface area contributed by atoms with Crippen molar-refractivity contribution in [1.82, 2.24) is 20.0 Å². The number of anilines is 1. The van der Waals surface area contributed by atoms with Gasteiger partial charge < -0.3 is 10.2 Å². The molecule has 7 nitrogen and oxygen atoms in total. The molecule has 2 aliphatic heterocycles. The smallest absolute Gasteiger partial charge is 0.351 e. The van der Waals surface area contributed by atoms with Gasteiger partial charge in [0.05, 0.1) is 28.2 Å². The number of carbonyl (C=O) groups is 1. The van der Waals surface area contributed by atoms with Gasteiger partial charge in [-0.3, -0.25) is 14.5 Å². The van der Waals surface area contributed by atoms with Crippen molar-refractivity contribution >= 4 is 45.4 Å². The van der Waals surface area contributed by atoms with Gasteiger partial charge in [0.2, 0.25) is 0 Å². The molecule has 4 heterocycles. The molecule has 0 spiro atoms. The first-order valence-electron chi connectivity index (χ1n) is 13.3. The van der Waals surface area contributed by atoms with Crippen LogP contribution in [-0.2, 0) is 6.18 Å². The maximum atomic E-state index is 13.4. The molecule has 0 aliphatic carbocycles. The van der Waals surface area contributed by atoms with E-state index >= 15 is 0 Å². The molecular weight excluding hydrogens is 605 g/mol. The van der Waals surface area contributed by atoms with Crippen molar-refractivity contribution in [2.75, 3.05) is 11.4 Å². The number of aromatic nitrogens is 2. The number of rotatable bonds is 1. The van der Waals surface area contributed by atoms with Crippen molar-refractivity contribution in [1.29, 1.82) is 0 Å². The predicted octanol–water partition coefficient (Wildman–Crippen LogP) is 7.67. The summed E-state index contributed by atoms with van der Waals surface area (Å²) in [6.45, 7) is 12.5. The predicted molar refractivity (Wildman–Crippen MR) is 159 cm³/mol. The molecule has 2 unspecified atom stereocenters. The maximum absolute atomic E-state index is 13.4. The number of nitrogens with zero attached hydrogens (tertiary/aromatic N) is 4. The van der Waals surface area contributed by atoms with E-state index in [0.29, 0.717) is 39.8 Å². The SMILES string of the molecule is C/C=C1\NC(C)=NC(c2cccc(C(F)(F)F)n2)CCC2CN(c3nc(Br)ccc3C(=O)NS1)C(C)(C)C2.CC. The van der Waals surface area contributed by atoms with E-state index in [-0.39, 0.29) is 23.1 Å². The van der Waals surface area contributed by atoms with Crippen molar-refractivity contribution < 1.29 is 18.0 Å². The van der Waals surface area contributed by atoms with E-state index in [4.69, 9.17) is 4.99 Å². The lowest BCUT2D eigenvalue weighted by atomic mass is 9.91. The quantitative estimate of drug-likeness (QED) is 0.246. The van der Waals surface area contributed by atoms with E-state index in [2.05, 4.69) is 54.7 Å². The van der Waals surface area contributed by atoms with Crippen molar-refractivity contribution in [2.24, 2.45) is 10.9 Å². The van der Waals surface area contributed by atoms with Gasteiger partial charge in [-0.2, -0.15) is 13.2 Å². The van der Waals surface area contributed by atoms with Crippen molar-refractivity contribution in [3.05, 3.63) is 63.0 Å². The third-order valence-electron chi connectivity index (χ3n) is 6.72. The summed E-state index contributed by atoms with van der Waals surface area (Å²) in [7, 11) is 0. The fourth-order valence-electron chi connectivity index (χ4n) is 4.99. The number of amides is 1. The summed E-state index contributed by atoms with van der Waals surface area (Å²) in [5.74, 6) is 1.06. The summed E-state index contributed by atoms with van der Waals surface area (Å²) >= 11 is 4.55. The molecule has 0 radical (unpaired) electrons. The van der Waals surface area contributed by atoms with Gasteiger partial charge >= 0.3 is 6.18 Å². The molecule has 2 aromatic rings. The van der Waals surface area contributed by atoms with Gasteiger partial charge in [-0.1, -0.05) is 26.0 Å². The van der Waals surface area contributed by atoms with E-state index in [1.165, 1.54) is 6.07 Å². The summed E-state index contributed by atoms with van der Waals surface area (Å²) in [6.07, 6.45) is -0.668. The average molecular weight is 642 g/mol. The molecule has 0 saturated carbocycles. The number of alkyl halides is 3. The van der Waals surface area contributed by atoms with E-state index in [1.54, 1.807) is 31.2 Å². The molecule has 4 rings (SSSR count). The van der Waals surface area contributed by atoms with Crippen LogP contribution in [-0.4, -0.2) is 33.8 Å². The molecule has 218 valence electrons. The van der Waals surface area contributed by atoms with E-state index in [1.807, 2.05) is 20.8 Å². The monoisotopic (exact) mass is 640 g/mol. The Balaban J connectivity index is 0.00000216. The fourth-order valence-corrected chi connectivity index (χ4v) is 5.91. The van der Waals surface area contributed by atoms with Crippen LogP contribution in [0.3, 0.4) is 0 Å². The third kappa shape index (κ3) is 7.78. The highest BCUT2D eigenvalue weighted by Gasteiger charge is 2.41. The van der Waals surface area contributed by atoms with Crippen LogP contribution in [0.5, 0.6) is 0 Å². The zero-order valence-corrected chi connectivity index (χ0v) is 26.0. The second-order valence-corrected chi connectivity index (χ2v) is 11.7. The first-order chi connectivity index (χ1) is 18.9. The second kappa shape index (κ2) is 13.4. The second-order valence-electron chi connectivity index (χ2n) is 10.1. The Bertz CT molecular complexity index is 1270. The van der Waals surface area contributed by atoms with Gasteiger partial charge in [0.1, 0.15) is 16.1 Å². The first-order valence-corrected chi connectivity index (χ1v) is 14.9. The number of amidine groups is 1. The van der Waals surface area contributed by atoms with Gasteiger partial charge in [0.15, 0.2) is 0 Å². The number of pyridine rings is 2. The van der Waals surface area contributed by atoms with Crippen molar-refractivity contribution in [2.45, 2.75) is 78.6 Å². The summed E-state index contributed by atoms with van der Waals surface area (Å²) in [4.78, 5) is 28.7. The highest BCUT2D eigenvalue weighted by Crippen LogP contribution is 2.41. The van der Waals surface area contributed by atoms with Crippen LogP contribution >= 0.6 is 27.9 Å². The summed E-state index contributed by atoms with van der Waals surface area (Å²) in [5, 5.41) is 3.78. The first kappa shape index (κ1) is 31.9. The molecule has 2 atom stereocenters. The Labute approximate surface area is 246 Å². The van der Waals surface area contributed by atoms with Crippen LogP contribution < -0.4 is 14.9 Å². The molecule has 1 amide bonds. The Hall–Kier alpha value is -2.60. The Morgan fingerprint density at radius 3 is 2.55 bits per heavy atom. The van der Waals surface area contributed by atoms with Crippen LogP contribution in [0.4, 0.5) is 19.0 Å². The fraction of sp³-hybridized carbons (Fsp3) is 0.500. The zero-order valence-electron chi connectivity index (χ0n) is 23.6. The number of aliphatic imine (C=N–C) groups is 1. The molecule has 2 bridgehead atoms. The van der Waals surface area contributed by atoms with Crippen LogP contribution in [0.25, 0.3) is 0 Å². The van der Waals surface area contributed by atoms with Crippen LogP contribution in [0, 0.1) is 5.92 Å². The standard InChI is InChI=1S/C26H30BrF3N6OS.C2H6/c1-5-22-32-15(2)31-19(18-7-6-8-20(33-18)26(28,29)30)11-9-16-13-25(3,4)36(14-16)23-17(24(37)35-38-22)10-12-21(27)34-23;1-2/h5-8,10,12,16,19H,9,11,13-14H2,1-4H3,(H,31,32)(H,35,37);1-2H3/b22-5+;. The maximum Gasteiger partial charge on any atom is 0.433 e. The number of hydrogen-bond donors (Lipinski definition) is 2. The van der Waals surface area contributed by atoms with Gasteiger partial charge in [-0.05, 0) is 93.1 Å². The number of allylic oxidation sites excluding steroid dienone is 1. The van der Waals surface area contributed by atoms with Gasteiger partial charge in [-0.25, -0.2) is 9.97 Å². The minimum atomic E-state index is -4.54. The summed E-state index contributed by atoms with van der Waals surface area (Å²) in [6, 6.07) is 6.89. The zero-order chi connectivity index (χ0) is 29.7. The molecule has 2 aliphatic rings.